The molecule has 2 N–H and O–H groups in total. The van der Waals surface area contributed by atoms with E-state index in [2.05, 4.69) is 36.4 Å². The monoisotopic (exact) mass is 342 g/mol. The lowest BCUT2D eigenvalue weighted by atomic mass is 10.1. The summed E-state index contributed by atoms with van der Waals surface area (Å²) in [7, 11) is 0. The number of aromatic amines is 1. The third kappa shape index (κ3) is 3.00. The van der Waals surface area contributed by atoms with Crippen LogP contribution in [-0.2, 0) is 0 Å². The number of rotatable bonds is 3. The summed E-state index contributed by atoms with van der Waals surface area (Å²) >= 11 is 3.32. The molecule has 2 aromatic heterocycles. The molecule has 2 heterocycles. The van der Waals surface area contributed by atoms with Crippen LogP contribution < -0.4 is 5.32 Å². The van der Waals surface area contributed by atoms with Gasteiger partial charge in [-0.2, -0.15) is 5.10 Å². The Morgan fingerprint density at radius 1 is 1.14 bits per heavy atom. The van der Waals surface area contributed by atoms with Gasteiger partial charge in [0.15, 0.2) is 0 Å². The van der Waals surface area contributed by atoms with Crippen molar-refractivity contribution in [3.05, 3.63) is 65.0 Å². The maximum absolute atomic E-state index is 12.2. The first-order valence-corrected chi connectivity index (χ1v) is 7.05. The van der Waals surface area contributed by atoms with Crippen LogP contribution in [0.5, 0.6) is 0 Å². The number of aromatic nitrogens is 3. The van der Waals surface area contributed by atoms with Crippen LogP contribution >= 0.6 is 15.9 Å². The number of nitrogens with zero attached hydrogens (tertiary/aromatic N) is 2. The molecule has 0 aliphatic heterocycles. The zero-order valence-electron chi connectivity index (χ0n) is 10.9. The van der Waals surface area contributed by atoms with Crippen molar-refractivity contribution in [2.45, 2.75) is 0 Å². The number of nitrogens with one attached hydrogen (secondary N) is 2. The molecule has 6 heteroatoms. The number of amides is 1. The van der Waals surface area contributed by atoms with Crippen molar-refractivity contribution < 1.29 is 4.79 Å². The highest BCUT2D eigenvalue weighted by Gasteiger charge is 2.11. The van der Waals surface area contributed by atoms with E-state index >= 15 is 0 Å². The summed E-state index contributed by atoms with van der Waals surface area (Å²) in [6.45, 7) is 0. The van der Waals surface area contributed by atoms with Crippen molar-refractivity contribution in [2.75, 3.05) is 5.32 Å². The van der Waals surface area contributed by atoms with Gasteiger partial charge in [0.05, 0.1) is 5.69 Å². The fourth-order valence-corrected chi connectivity index (χ4v) is 2.36. The van der Waals surface area contributed by atoms with E-state index in [-0.39, 0.29) is 5.91 Å². The van der Waals surface area contributed by atoms with Crippen LogP contribution in [-0.4, -0.2) is 21.1 Å². The predicted molar refractivity (Wildman–Crippen MR) is 83.9 cm³/mol. The highest BCUT2D eigenvalue weighted by atomic mass is 79.9. The number of anilines is 1. The summed E-state index contributed by atoms with van der Waals surface area (Å²) in [5, 5.41) is 9.65. The van der Waals surface area contributed by atoms with Crippen LogP contribution in [0.25, 0.3) is 11.3 Å². The summed E-state index contributed by atoms with van der Waals surface area (Å²) in [4.78, 5) is 16.3. The van der Waals surface area contributed by atoms with E-state index in [0.29, 0.717) is 15.9 Å². The second kappa shape index (κ2) is 5.88. The Balaban J connectivity index is 1.84. The first-order valence-electron chi connectivity index (χ1n) is 6.26. The highest BCUT2D eigenvalue weighted by Crippen LogP contribution is 2.21. The summed E-state index contributed by atoms with van der Waals surface area (Å²) in [6.07, 6.45) is 3.27. The van der Waals surface area contributed by atoms with Gasteiger partial charge in [-0.3, -0.25) is 9.89 Å². The molecule has 1 aromatic carbocycles. The Morgan fingerprint density at radius 3 is 2.81 bits per heavy atom. The summed E-state index contributed by atoms with van der Waals surface area (Å²) in [5.74, 6) is -0.260. The number of hydrogen-bond acceptors (Lipinski definition) is 3. The predicted octanol–water partition coefficient (Wildman–Crippen LogP) is 3.49. The lowest BCUT2D eigenvalue weighted by Gasteiger charge is -2.07. The van der Waals surface area contributed by atoms with Crippen molar-refractivity contribution in [3.63, 3.8) is 0 Å². The molecule has 0 atom stereocenters. The maximum atomic E-state index is 12.2. The molecule has 21 heavy (non-hydrogen) atoms. The molecule has 5 nitrogen and oxygen atoms in total. The van der Waals surface area contributed by atoms with Gasteiger partial charge in [0.25, 0.3) is 5.91 Å². The molecule has 0 spiro atoms. The van der Waals surface area contributed by atoms with E-state index in [1.54, 1.807) is 24.5 Å². The molecule has 0 aliphatic carbocycles. The van der Waals surface area contributed by atoms with E-state index < -0.39 is 0 Å². The zero-order chi connectivity index (χ0) is 14.7. The van der Waals surface area contributed by atoms with Crippen molar-refractivity contribution in [2.24, 2.45) is 0 Å². The minimum atomic E-state index is -0.260. The SMILES string of the molecule is O=C(Nc1cccc(-c2ccn[nH]2)c1)c1ncccc1Br. The number of carbonyl (C=O) groups is 1. The number of benzene rings is 1. The fraction of sp³-hybridized carbons (Fsp3) is 0. The standard InChI is InChI=1S/C15H11BrN4O/c16-12-5-2-7-17-14(12)15(21)19-11-4-1-3-10(9-11)13-6-8-18-20-13/h1-9H,(H,18,20)(H,19,21). The van der Waals surface area contributed by atoms with E-state index in [9.17, 15) is 4.79 Å². The van der Waals surface area contributed by atoms with Crippen molar-refractivity contribution in [1.29, 1.82) is 0 Å². The van der Waals surface area contributed by atoms with Gasteiger partial charge in [0.2, 0.25) is 0 Å². The number of hydrogen-bond donors (Lipinski definition) is 2. The molecule has 3 aromatic rings. The van der Waals surface area contributed by atoms with Crippen LogP contribution in [0.2, 0.25) is 0 Å². The van der Waals surface area contributed by atoms with Crippen LogP contribution in [0.3, 0.4) is 0 Å². The van der Waals surface area contributed by atoms with Crippen LogP contribution in [0.1, 0.15) is 10.5 Å². The molecule has 104 valence electrons. The second-order valence-corrected chi connectivity index (χ2v) is 5.19. The smallest absolute Gasteiger partial charge is 0.275 e. The summed E-state index contributed by atoms with van der Waals surface area (Å²) < 4.78 is 0.659. The molecule has 0 saturated carbocycles. The molecule has 3 rings (SSSR count). The van der Waals surface area contributed by atoms with Crippen LogP contribution in [0.15, 0.2) is 59.3 Å². The summed E-state index contributed by atoms with van der Waals surface area (Å²) in [6, 6.07) is 12.9. The van der Waals surface area contributed by atoms with Gasteiger partial charge in [0, 0.05) is 28.1 Å². The minimum absolute atomic E-state index is 0.260. The quantitative estimate of drug-likeness (QED) is 0.765. The molecule has 0 bridgehead atoms. The number of halogens is 1. The van der Waals surface area contributed by atoms with Gasteiger partial charge in [-0.15, -0.1) is 0 Å². The Morgan fingerprint density at radius 2 is 2.05 bits per heavy atom. The zero-order valence-corrected chi connectivity index (χ0v) is 12.5. The van der Waals surface area contributed by atoms with Crippen molar-refractivity contribution >= 4 is 27.5 Å². The minimum Gasteiger partial charge on any atom is -0.321 e. The van der Waals surface area contributed by atoms with E-state index in [4.69, 9.17) is 0 Å². The van der Waals surface area contributed by atoms with Gasteiger partial charge in [-0.25, -0.2) is 4.98 Å². The average Bonchev–Trinajstić information content (AvgIpc) is 3.02. The van der Waals surface area contributed by atoms with Crippen LogP contribution in [0, 0.1) is 0 Å². The third-order valence-corrected chi connectivity index (χ3v) is 3.55. The van der Waals surface area contributed by atoms with Crippen LogP contribution in [0.4, 0.5) is 5.69 Å². The lowest BCUT2D eigenvalue weighted by Crippen LogP contribution is -2.14. The topological polar surface area (TPSA) is 70.7 Å². The third-order valence-electron chi connectivity index (χ3n) is 2.91. The Bertz CT molecular complexity index is 771. The molecule has 0 saturated heterocycles. The molecule has 0 aliphatic rings. The molecule has 0 fully saturated rings. The van der Waals surface area contributed by atoms with E-state index in [1.807, 2.05) is 30.3 Å². The van der Waals surface area contributed by atoms with Crippen molar-refractivity contribution in [3.8, 4) is 11.3 Å². The van der Waals surface area contributed by atoms with Gasteiger partial charge in [-0.1, -0.05) is 12.1 Å². The van der Waals surface area contributed by atoms with Crippen molar-refractivity contribution in [1.82, 2.24) is 15.2 Å². The maximum Gasteiger partial charge on any atom is 0.275 e. The Labute approximate surface area is 129 Å². The molecular formula is C15H11BrN4O. The molecule has 1 amide bonds. The first-order chi connectivity index (χ1) is 10.2. The van der Waals surface area contributed by atoms with Gasteiger partial charge in [-0.05, 0) is 46.3 Å². The second-order valence-electron chi connectivity index (χ2n) is 4.34. The lowest BCUT2D eigenvalue weighted by molar-refractivity contribution is 0.102. The van der Waals surface area contributed by atoms with E-state index in [1.165, 1.54) is 0 Å². The highest BCUT2D eigenvalue weighted by molar-refractivity contribution is 9.10. The first kappa shape index (κ1) is 13.5. The molecular weight excluding hydrogens is 332 g/mol. The summed E-state index contributed by atoms with van der Waals surface area (Å²) in [5.41, 5.74) is 2.89. The fourth-order valence-electron chi connectivity index (χ4n) is 1.92. The number of pyridine rings is 1. The van der Waals surface area contributed by atoms with Gasteiger partial charge >= 0.3 is 0 Å². The largest absolute Gasteiger partial charge is 0.321 e. The number of carbonyl (C=O) groups excluding carboxylic acids is 1. The molecule has 0 radical (unpaired) electrons. The van der Waals surface area contributed by atoms with E-state index in [0.717, 1.165) is 11.3 Å². The average molecular weight is 343 g/mol. The Kier molecular flexibility index (Phi) is 3.79. The van der Waals surface area contributed by atoms with Gasteiger partial charge < -0.3 is 5.32 Å². The number of H-pyrrole nitrogens is 1. The normalized spacial score (nSPS) is 10.3. The molecule has 0 unspecified atom stereocenters. The Hall–Kier alpha value is -2.47. The van der Waals surface area contributed by atoms with Gasteiger partial charge in [0.1, 0.15) is 5.69 Å².